The van der Waals surface area contributed by atoms with Gasteiger partial charge in [0.2, 0.25) is 5.90 Å². The molecule has 0 bridgehead atoms. The molecule has 0 amide bonds. The van der Waals surface area contributed by atoms with E-state index >= 15 is 0 Å². The van der Waals surface area contributed by atoms with E-state index in [9.17, 15) is 5.26 Å². The molecular weight excluding hydrogens is 228 g/mol. The molecule has 8 unspecified atom stereocenters. The average molecular weight is 244 g/mol. The highest BCUT2D eigenvalue weighted by Gasteiger charge is 2.93. The highest BCUT2D eigenvalue weighted by Crippen LogP contribution is 2.84. The van der Waals surface area contributed by atoms with Gasteiger partial charge in [0.05, 0.1) is 29.9 Å². The van der Waals surface area contributed by atoms with Gasteiger partial charge in [0.1, 0.15) is 0 Å². The predicted molar refractivity (Wildman–Crippen MR) is 62.7 cm³/mol. The summed E-state index contributed by atoms with van der Waals surface area (Å²) >= 11 is 0. The SMILES string of the molecule is CC(C)OC1=NC2(C)C3OC4C5C3C2C5C14C#N. The van der Waals surface area contributed by atoms with Crippen LogP contribution in [0, 0.1) is 40.4 Å². The van der Waals surface area contributed by atoms with Crippen LogP contribution in [0.5, 0.6) is 0 Å². The maximum Gasteiger partial charge on any atom is 0.208 e. The molecule has 0 spiro atoms. The number of ether oxygens (including phenoxy) is 2. The summed E-state index contributed by atoms with van der Waals surface area (Å²) in [6.45, 7) is 6.17. The van der Waals surface area contributed by atoms with Crippen LogP contribution in [0.25, 0.3) is 0 Å². The molecule has 0 N–H and O–H groups in total. The third-order valence-electron chi connectivity index (χ3n) is 6.11. The lowest BCUT2D eigenvalue weighted by Gasteiger charge is -2.75. The van der Waals surface area contributed by atoms with Crippen molar-refractivity contribution in [3.05, 3.63) is 0 Å². The van der Waals surface area contributed by atoms with Crippen molar-refractivity contribution in [3.8, 4) is 6.07 Å². The first-order chi connectivity index (χ1) is 8.55. The lowest BCUT2D eigenvalue weighted by Crippen LogP contribution is -2.84. The van der Waals surface area contributed by atoms with Crippen molar-refractivity contribution in [1.29, 1.82) is 5.26 Å². The summed E-state index contributed by atoms with van der Waals surface area (Å²) in [5.41, 5.74) is -0.664. The summed E-state index contributed by atoms with van der Waals surface area (Å²) in [6, 6.07) is 2.51. The fourth-order valence-electron chi connectivity index (χ4n) is 5.60. The van der Waals surface area contributed by atoms with Gasteiger partial charge >= 0.3 is 0 Å². The van der Waals surface area contributed by atoms with Crippen molar-refractivity contribution in [3.63, 3.8) is 0 Å². The van der Waals surface area contributed by atoms with Crippen LogP contribution < -0.4 is 0 Å². The molecule has 4 heteroatoms. The molecule has 2 aliphatic heterocycles. The lowest BCUT2D eigenvalue weighted by atomic mass is 9.26. The quantitative estimate of drug-likeness (QED) is 0.700. The van der Waals surface area contributed by atoms with Gasteiger partial charge in [0.15, 0.2) is 5.41 Å². The van der Waals surface area contributed by atoms with Gasteiger partial charge in [-0.1, -0.05) is 0 Å². The van der Waals surface area contributed by atoms with Crippen LogP contribution in [0.2, 0.25) is 0 Å². The topological polar surface area (TPSA) is 54.6 Å². The standard InChI is InChI=1S/C14H16N2O2/c1-5(2)17-12-14(4-15)9-7-6-8(9)13(3,16-12)10(6)18-11(7)14/h5-11H,1-3H3. The second-order valence-electron chi connectivity index (χ2n) is 6.97. The molecule has 3 aliphatic carbocycles. The van der Waals surface area contributed by atoms with Crippen molar-refractivity contribution >= 4 is 5.90 Å². The van der Waals surface area contributed by atoms with Gasteiger partial charge in [-0.3, -0.25) is 0 Å². The van der Waals surface area contributed by atoms with Crippen LogP contribution >= 0.6 is 0 Å². The maximum absolute atomic E-state index is 9.72. The minimum atomic E-state index is -0.555. The largest absolute Gasteiger partial charge is 0.477 e. The number of rotatable bonds is 1. The maximum atomic E-state index is 9.72. The molecule has 1 saturated heterocycles. The van der Waals surface area contributed by atoms with Crippen molar-refractivity contribution in [2.24, 2.45) is 34.1 Å². The van der Waals surface area contributed by atoms with E-state index in [0.717, 1.165) is 0 Å². The normalized spacial score (nSPS) is 64.3. The van der Waals surface area contributed by atoms with E-state index in [0.29, 0.717) is 29.6 Å². The van der Waals surface area contributed by atoms with E-state index in [1.165, 1.54) is 0 Å². The Bertz CT molecular complexity index is 550. The van der Waals surface area contributed by atoms with Crippen molar-refractivity contribution in [2.45, 2.75) is 44.6 Å². The highest BCUT2D eigenvalue weighted by molar-refractivity contribution is 5.92. The number of hydrogen-bond donors (Lipinski definition) is 0. The fourth-order valence-corrected chi connectivity index (χ4v) is 5.60. The zero-order chi connectivity index (χ0) is 12.4. The lowest BCUT2D eigenvalue weighted by molar-refractivity contribution is -0.237. The van der Waals surface area contributed by atoms with E-state index < -0.39 is 5.41 Å². The molecule has 2 heterocycles. The molecule has 8 atom stereocenters. The Morgan fingerprint density at radius 3 is 2.72 bits per heavy atom. The fraction of sp³-hybridized carbons (Fsp3) is 0.857. The molecular formula is C14H16N2O2. The second kappa shape index (κ2) is 2.34. The first-order valence-corrected chi connectivity index (χ1v) is 6.89. The molecule has 0 aromatic heterocycles. The molecule has 18 heavy (non-hydrogen) atoms. The number of hydrogen-bond acceptors (Lipinski definition) is 4. The summed E-state index contributed by atoms with van der Waals surface area (Å²) in [5, 5.41) is 9.72. The summed E-state index contributed by atoms with van der Waals surface area (Å²) in [4.78, 5) is 4.83. The van der Waals surface area contributed by atoms with Gasteiger partial charge in [0.25, 0.3) is 0 Å². The average Bonchev–Trinajstić information content (AvgIpc) is 2.41. The van der Waals surface area contributed by atoms with Crippen LogP contribution in [0.4, 0.5) is 0 Å². The third kappa shape index (κ3) is 0.609. The highest BCUT2D eigenvalue weighted by atomic mass is 16.5. The van der Waals surface area contributed by atoms with Crippen LogP contribution in [0.1, 0.15) is 20.8 Å². The van der Waals surface area contributed by atoms with Crippen LogP contribution in [-0.4, -0.2) is 29.7 Å². The van der Waals surface area contributed by atoms with Gasteiger partial charge in [0, 0.05) is 5.92 Å². The van der Waals surface area contributed by atoms with Gasteiger partial charge in [-0.25, -0.2) is 4.99 Å². The van der Waals surface area contributed by atoms with E-state index in [1.54, 1.807) is 0 Å². The third-order valence-corrected chi connectivity index (χ3v) is 6.11. The first-order valence-electron chi connectivity index (χ1n) is 6.89. The number of aliphatic imine (C=N–C) groups is 1. The van der Waals surface area contributed by atoms with E-state index in [-0.39, 0.29) is 23.9 Å². The summed E-state index contributed by atoms with van der Waals surface area (Å²) in [7, 11) is 0. The molecule has 94 valence electrons. The van der Waals surface area contributed by atoms with Crippen molar-refractivity contribution in [2.75, 3.05) is 0 Å². The van der Waals surface area contributed by atoms with E-state index in [4.69, 9.17) is 14.5 Å². The zero-order valence-corrected chi connectivity index (χ0v) is 10.8. The Morgan fingerprint density at radius 2 is 2.06 bits per heavy atom. The number of nitrogens with zero attached hydrogens (tertiary/aromatic N) is 2. The Labute approximate surface area is 106 Å². The van der Waals surface area contributed by atoms with Crippen molar-refractivity contribution < 1.29 is 9.47 Å². The zero-order valence-electron chi connectivity index (χ0n) is 10.8. The van der Waals surface area contributed by atoms with Crippen LogP contribution in [-0.2, 0) is 9.47 Å². The molecule has 3 saturated carbocycles. The van der Waals surface area contributed by atoms with Gasteiger partial charge in [-0.15, -0.1) is 0 Å². The number of nitriles is 1. The van der Waals surface area contributed by atoms with Gasteiger partial charge in [-0.05, 0) is 38.5 Å². The predicted octanol–water partition coefficient (Wildman–Crippen LogP) is 1.37. The Hall–Kier alpha value is -1.08. The molecule has 5 aliphatic rings. The second-order valence-corrected chi connectivity index (χ2v) is 6.97. The van der Waals surface area contributed by atoms with Crippen molar-refractivity contribution in [1.82, 2.24) is 0 Å². The van der Waals surface area contributed by atoms with E-state index in [2.05, 4.69) is 13.0 Å². The summed E-state index contributed by atoms with van der Waals surface area (Å²) < 4.78 is 12.1. The molecule has 4 nitrogen and oxygen atoms in total. The van der Waals surface area contributed by atoms with Crippen LogP contribution in [0.3, 0.4) is 0 Å². The monoisotopic (exact) mass is 244 g/mol. The molecule has 4 fully saturated rings. The smallest absolute Gasteiger partial charge is 0.208 e. The first kappa shape index (κ1) is 9.80. The van der Waals surface area contributed by atoms with Gasteiger partial charge in [-0.2, -0.15) is 5.26 Å². The Morgan fingerprint density at radius 1 is 1.33 bits per heavy atom. The summed E-state index contributed by atoms with van der Waals surface area (Å²) in [5.74, 6) is 3.01. The Kier molecular flexibility index (Phi) is 1.27. The van der Waals surface area contributed by atoms with Crippen LogP contribution in [0.15, 0.2) is 4.99 Å². The summed E-state index contributed by atoms with van der Waals surface area (Å²) in [6.07, 6.45) is 0.374. The molecule has 5 rings (SSSR count). The minimum Gasteiger partial charge on any atom is -0.477 e. The minimum absolute atomic E-state index is 0.0561. The molecule has 0 aromatic rings. The molecule has 0 aromatic carbocycles. The van der Waals surface area contributed by atoms with E-state index in [1.807, 2.05) is 13.8 Å². The number of fused-ring (bicyclic) bond motifs is 2. The Balaban J connectivity index is 1.71. The van der Waals surface area contributed by atoms with Gasteiger partial charge < -0.3 is 9.47 Å². The molecule has 0 radical (unpaired) electrons.